The highest BCUT2D eigenvalue weighted by molar-refractivity contribution is 5.91. The summed E-state index contributed by atoms with van der Waals surface area (Å²) in [6.45, 7) is 0. The molecule has 3 aromatic rings. The molecule has 0 bridgehead atoms. The van der Waals surface area contributed by atoms with Gasteiger partial charge in [-0.1, -0.05) is 0 Å². The first-order chi connectivity index (χ1) is 9.63. The molecular formula is C14H11N3O3. The van der Waals surface area contributed by atoms with Crippen LogP contribution in [0.2, 0.25) is 0 Å². The number of nitrogens with two attached hydrogens (primary N) is 1. The van der Waals surface area contributed by atoms with Crippen molar-refractivity contribution in [2.45, 2.75) is 0 Å². The third-order valence-corrected chi connectivity index (χ3v) is 2.91. The van der Waals surface area contributed by atoms with Crippen molar-refractivity contribution in [3.8, 4) is 0 Å². The van der Waals surface area contributed by atoms with Crippen LogP contribution < -0.4 is 11.1 Å². The molecule has 0 atom stereocenters. The van der Waals surface area contributed by atoms with Crippen molar-refractivity contribution >= 4 is 34.1 Å². The maximum absolute atomic E-state index is 10.8. The van der Waals surface area contributed by atoms with Crippen molar-refractivity contribution in [3.63, 3.8) is 0 Å². The second-order valence-electron chi connectivity index (χ2n) is 4.27. The predicted octanol–water partition coefficient (Wildman–Crippen LogP) is 2.85. The van der Waals surface area contributed by atoms with Crippen molar-refractivity contribution in [3.05, 3.63) is 48.4 Å². The molecule has 0 unspecified atom stereocenters. The van der Waals surface area contributed by atoms with Crippen molar-refractivity contribution in [2.24, 2.45) is 0 Å². The number of anilines is 3. The lowest BCUT2D eigenvalue weighted by Crippen LogP contribution is -2.01. The van der Waals surface area contributed by atoms with Crippen molar-refractivity contribution in [2.75, 3.05) is 11.1 Å². The summed E-state index contributed by atoms with van der Waals surface area (Å²) in [5.74, 6) is -1.01. The van der Waals surface area contributed by atoms with Crippen molar-refractivity contribution < 1.29 is 14.3 Å². The summed E-state index contributed by atoms with van der Waals surface area (Å²) in [6, 6.07) is 10.0. The molecule has 1 aromatic heterocycles. The molecule has 0 radical (unpaired) electrons. The third kappa shape index (κ3) is 2.14. The predicted molar refractivity (Wildman–Crippen MR) is 75.1 cm³/mol. The topological polar surface area (TPSA) is 101 Å². The second kappa shape index (κ2) is 4.58. The normalized spacial score (nSPS) is 10.6. The number of nitrogen functional groups attached to an aromatic ring is 1. The molecule has 0 aliphatic carbocycles. The average molecular weight is 269 g/mol. The van der Waals surface area contributed by atoms with Crippen molar-refractivity contribution in [1.29, 1.82) is 0 Å². The fourth-order valence-corrected chi connectivity index (χ4v) is 1.90. The number of hydrogen-bond donors (Lipinski definition) is 3. The Kier molecular flexibility index (Phi) is 2.76. The Morgan fingerprint density at radius 1 is 1.25 bits per heavy atom. The minimum Gasteiger partial charge on any atom is -0.478 e. The Hall–Kier alpha value is -3.02. The molecule has 3 rings (SSSR count). The molecule has 0 aliphatic rings. The fourth-order valence-electron chi connectivity index (χ4n) is 1.90. The van der Waals surface area contributed by atoms with Crippen LogP contribution in [0.4, 0.5) is 17.1 Å². The maximum Gasteiger partial charge on any atom is 0.335 e. The van der Waals surface area contributed by atoms with Crippen LogP contribution >= 0.6 is 0 Å². The monoisotopic (exact) mass is 269 g/mol. The summed E-state index contributed by atoms with van der Waals surface area (Å²) < 4.78 is 5.22. The number of carboxylic acids is 1. The molecule has 6 heteroatoms. The molecule has 0 spiro atoms. The van der Waals surface area contributed by atoms with Gasteiger partial charge < -0.3 is 20.6 Å². The van der Waals surface area contributed by atoms with E-state index < -0.39 is 5.97 Å². The molecule has 6 nitrogen and oxygen atoms in total. The molecule has 0 saturated heterocycles. The number of carboxylic acid groups (broad SMARTS) is 1. The van der Waals surface area contributed by atoms with E-state index in [-0.39, 0.29) is 5.56 Å². The number of fused-ring (bicyclic) bond motifs is 1. The molecule has 4 N–H and O–H groups in total. The number of hydrogen-bond acceptors (Lipinski definition) is 5. The van der Waals surface area contributed by atoms with Gasteiger partial charge in [-0.05, 0) is 30.3 Å². The van der Waals surface area contributed by atoms with Gasteiger partial charge >= 0.3 is 5.97 Å². The lowest BCUT2D eigenvalue weighted by Gasteiger charge is -2.09. The largest absolute Gasteiger partial charge is 0.478 e. The summed E-state index contributed by atoms with van der Waals surface area (Å²) >= 11 is 0. The van der Waals surface area contributed by atoms with E-state index in [0.29, 0.717) is 17.0 Å². The third-order valence-electron chi connectivity index (χ3n) is 2.91. The van der Waals surface area contributed by atoms with Gasteiger partial charge in [0.1, 0.15) is 5.52 Å². The van der Waals surface area contributed by atoms with E-state index in [9.17, 15) is 4.79 Å². The Balaban J connectivity index is 1.92. The van der Waals surface area contributed by atoms with Gasteiger partial charge in [-0.25, -0.2) is 9.78 Å². The number of benzene rings is 2. The van der Waals surface area contributed by atoms with Crippen LogP contribution in [0.15, 0.2) is 47.2 Å². The fraction of sp³-hybridized carbons (Fsp3) is 0. The van der Waals surface area contributed by atoms with Crippen LogP contribution in [0.1, 0.15) is 10.4 Å². The summed E-state index contributed by atoms with van der Waals surface area (Å²) in [5.41, 5.74) is 9.20. The smallest absolute Gasteiger partial charge is 0.335 e. The van der Waals surface area contributed by atoms with E-state index in [1.54, 1.807) is 12.1 Å². The Morgan fingerprint density at radius 3 is 2.85 bits per heavy atom. The van der Waals surface area contributed by atoms with E-state index in [1.807, 2.05) is 12.1 Å². The first-order valence-corrected chi connectivity index (χ1v) is 5.86. The van der Waals surface area contributed by atoms with Crippen LogP contribution in [-0.2, 0) is 0 Å². The standard InChI is InChI=1S/C14H11N3O3/c15-10-5-8(14(18)19)1-3-11(10)17-9-2-4-12-13(6-9)20-7-16-12/h1-7,17H,15H2,(H,18,19). The van der Waals surface area contributed by atoms with Crippen LogP contribution in [0.5, 0.6) is 0 Å². The lowest BCUT2D eigenvalue weighted by atomic mass is 10.1. The molecule has 0 fully saturated rings. The number of rotatable bonds is 3. The first kappa shape index (κ1) is 12.0. The van der Waals surface area contributed by atoms with Crippen molar-refractivity contribution in [1.82, 2.24) is 4.98 Å². The minimum absolute atomic E-state index is 0.152. The molecule has 1 heterocycles. The minimum atomic E-state index is -1.01. The Morgan fingerprint density at radius 2 is 2.10 bits per heavy atom. The van der Waals surface area contributed by atoms with Gasteiger partial charge in [0.15, 0.2) is 12.0 Å². The van der Waals surface area contributed by atoms with Crippen LogP contribution in [0, 0.1) is 0 Å². The summed E-state index contributed by atoms with van der Waals surface area (Å²) in [4.78, 5) is 14.9. The summed E-state index contributed by atoms with van der Waals surface area (Å²) in [5, 5.41) is 12.0. The number of oxazole rings is 1. The number of nitrogens with zero attached hydrogens (tertiary/aromatic N) is 1. The van der Waals surface area contributed by atoms with Gasteiger partial charge in [-0.3, -0.25) is 0 Å². The highest BCUT2D eigenvalue weighted by Crippen LogP contribution is 2.26. The SMILES string of the molecule is Nc1cc(C(=O)O)ccc1Nc1ccc2ncoc2c1. The highest BCUT2D eigenvalue weighted by Gasteiger charge is 2.07. The lowest BCUT2D eigenvalue weighted by molar-refractivity contribution is 0.0697. The van der Waals surface area contributed by atoms with Gasteiger partial charge in [0.05, 0.1) is 16.9 Å². The van der Waals surface area contributed by atoms with E-state index in [1.165, 1.54) is 18.5 Å². The van der Waals surface area contributed by atoms with E-state index >= 15 is 0 Å². The summed E-state index contributed by atoms with van der Waals surface area (Å²) in [7, 11) is 0. The first-order valence-electron chi connectivity index (χ1n) is 5.86. The second-order valence-corrected chi connectivity index (χ2v) is 4.27. The molecule has 0 saturated carbocycles. The average Bonchev–Trinajstić information content (AvgIpc) is 2.88. The maximum atomic E-state index is 10.8. The van der Waals surface area contributed by atoms with E-state index in [2.05, 4.69) is 10.3 Å². The summed E-state index contributed by atoms with van der Waals surface area (Å²) in [6.07, 6.45) is 1.38. The molecular weight excluding hydrogens is 258 g/mol. The molecule has 20 heavy (non-hydrogen) atoms. The van der Waals surface area contributed by atoms with Crippen LogP contribution in [0.25, 0.3) is 11.1 Å². The quantitative estimate of drug-likeness (QED) is 0.632. The van der Waals surface area contributed by atoms with Gasteiger partial charge in [0, 0.05) is 11.8 Å². The number of aromatic carboxylic acids is 1. The molecule has 100 valence electrons. The van der Waals surface area contributed by atoms with E-state index in [4.69, 9.17) is 15.3 Å². The highest BCUT2D eigenvalue weighted by atomic mass is 16.4. The van der Waals surface area contributed by atoms with Gasteiger partial charge in [-0.2, -0.15) is 0 Å². The van der Waals surface area contributed by atoms with E-state index in [0.717, 1.165) is 11.2 Å². The molecule has 0 aliphatic heterocycles. The number of nitrogens with one attached hydrogen (secondary N) is 1. The molecule has 2 aromatic carbocycles. The Labute approximate surface area is 113 Å². The van der Waals surface area contributed by atoms with Crippen LogP contribution in [-0.4, -0.2) is 16.1 Å². The van der Waals surface area contributed by atoms with Crippen LogP contribution in [0.3, 0.4) is 0 Å². The number of aromatic nitrogens is 1. The zero-order valence-electron chi connectivity index (χ0n) is 10.3. The van der Waals surface area contributed by atoms with Gasteiger partial charge in [0.2, 0.25) is 0 Å². The zero-order chi connectivity index (χ0) is 14.1. The number of carbonyl (C=O) groups is 1. The van der Waals surface area contributed by atoms with Gasteiger partial charge in [0.25, 0.3) is 0 Å². The zero-order valence-corrected chi connectivity index (χ0v) is 10.3. The van der Waals surface area contributed by atoms with Gasteiger partial charge in [-0.15, -0.1) is 0 Å². The Bertz CT molecular complexity index is 795. The molecule has 0 amide bonds.